The average Bonchev–Trinajstić information content (AvgIpc) is 3.49. The first-order chi connectivity index (χ1) is 22.7. The first-order valence-corrected chi connectivity index (χ1v) is 21.1. The van der Waals surface area contributed by atoms with Crippen LogP contribution in [0.25, 0.3) is 44.3 Å². The van der Waals surface area contributed by atoms with E-state index in [0.29, 0.717) is 0 Å². The number of aromatic nitrogens is 1. The van der Waals surface area contributed by atoms with Gasteiger partial charge in [0.1, 0.15) is 11.3 Å². The van der Waals surface area contributed by atoms with E-state index in [9.17, 15) is 9.90 Å². The monoisotopic (exact) mass is 853 g/mol. The predicted molar refractivity (Wildman–Crippen MR) is 207 cm³/mol. The molecule has 0 unspecified atom stereocenters. The van der Waals surface area contributed by atoms with Crippen molar-refractivity contribution in [2.24, 2.45) is 11.8 Å². The van der Waals surface area contributed by atoms with E-state index < -0.39 is 8.07 Å². The van der Waals surface area contributed by atoms with Crippen molar-refractivity contribution >= 4 is 40.8 Å². The van der Waals surface area contributed by atoms with Gasteiger partial charge in [-0.15, -0.1) is 29.1 Å². The molecule has 1 N–H and O–H groups in total. The zero-order valence-electron chi connectivity index (χ0n) is 31.0. The van der Waals surface area contributed by atoms with Crippen LogP contribution in [0.15, 0.2) is 89.2 Å². The fourth-order valence-electron chi connectivity index (χ4n) is 6.15. The van der Waals surface area contributed by atoms with Crippen LogP contribution in [-0.4, -0.2) is 23.9 Å². The van der Waals surface area contributed by atoms with Crippen molar-refractivity contribution in [1.29, 1.82) is 0 Å². The van der Waals surface area contributed by atoms with Crippen molar-refractivity contribution < 1.29 is 34.4 Å². The Morgan fingerprint density at radius 2 is 1.55 bits per heavy atom. The maximum atomic E-state index is 11.7. The Kier molecular flexibility index (Phi) is 14.0. The van der Waals surface area contributed by atoms with Gasteiger partial charge in [0.15, 0.2) is 5.78 Å². The molecule has 0 spiro atoms. The number of aliphatic hydroxyl groups is 1. The molecule has 2 aromatic heterocycles. The molecule has 0 aliphatic rings. The van der Waals surface area contributed by atoms with E-state index in [2.05, 4.69) is 107 Å². The summed E-state index contributed by atoms with van der Waals surface area (Å²) in [5.41, 5.74) is 5.21. The number of ketones is 1. The minimum atomic E-state index is -1.37. The summed E-state index contributed by atoms with van der Waals surface area (Å²) in [6, 6.07) is 27.2. The summed E-state index contributed by atoms with van der Waals surface area (Å²) in [7, 11) is -1.37. The first-order valence-electron chi connectivity index (χ1n) is 17.6. The van der Waals surface area contributed by atoms with E-state index in [-0.39, 0.29) is 48.9 Å². The number of nitrogens with zero attached hydrogens (tertiary/aromatic N) is 1. The molecule has 0 bridgehead atoms. The van der Waals surface area contributed by atoms with Gasteiger partial charge in [-0.1, -0.05) is 121 Å². The quantitative estimate of drug-likeness (QED) is 0.0658. The summed E-state index contributed by atoms with van der Waals surface area (Å²) in [5.74, 6) is 1.42. The molecule has 0 atom stereocenters. The fourth-order valence-corrected chi connectivity index (χ4v) is 7.32. The van der Waals surface area contributed by atoms with Crippen LogP contribution in [0, 0.1) is 17.9 Å². The van der Waals surface area contributed by atoms with Crippen LogP contribution in [0.5, 0.6) is 0 Å². The smallest absolute Gasteiger partial charge is 0.162 e. The third-order valence-electron chi connectivity index (χ3n) is 9.37. The van der Waals surface area contributed by atoms with Crippen molar-refractivity contribution in [2.75, 3.05) is 0 Å². The van der Waals surface area contributed by atoms with Crippen LogP contribution < -0.4 is 5.19 Å². The maximum absolute atomic E-state index is 11.7. The van der Waals surface area contributed by atoms with Gasteiger partial charge in [-0.2, -0.15) is 0 Å². The normalized spacial score (nSPS) is 12.3. The Morgan fingerprint density at radius 3 is 2.16 bits per heavy atom. The minimum Gasteiger partial charge on any atom is -0.512 e. The molecule has 0 fully saturated rings. The molecule has 0 aliphatic carbocycles. The molecule has 263 valence electrons. The van der Waals surface area contributed by atoms with E-state index in [0.717, 1.165) is 64.6 Å². The zero-order chi connectivity index (χ0) is 35.2. The number of furan rings is 1. The molecule has 0 aliphatic heterocycles. The van der Waals surface area contributed by atoms with Crippen LogP contribution in [-0.2, 0) is 30.3 Å². The largest absolute Gasteiger partial charge is 0.512 e. The predicted octanol–water partition coefficient (Wildman–Crippen LogP) is 11.8. The Labute approximate surface area is 308 Å². The molecule has 49 heavy (non-hydrogen) atoms. The van der Waals surface area contributed by atoms with Crippen LogP contribution in [0.2, 0.25) is 19.6 Å². The SMILES string of the molecule is CC(C)(C)c1cc(-c2cc(-c3cc4cc([Si](C)(C)C)ccc4o3)ccn2)[c-]c2ccccc12.CCC(CC)C(=O)/C=C(\O)C(CC)CC.[Ir]. The Bertz CT molecular complexity index is 1890. The minimum absolute atomic E-state index is 0. The van der Waals surface area contributed by atoms with Gasteiger partial charge in [0, 0.05) is 60.9 Å². The van der Waals surface area contributed by atoms with Gasteiger partial charge < -0.3 is 9.52 Å². The van der Waals surface area contributed by atoms with Gasteiger partial charge in [0.2, 0.25) is 0 Å². The van der Waals surface area contributed by atoms with Gasteiger partial charge in [0.25, 0.3) is 0 Å². The summed E-state index contributed by atoms with van der Waals surface area (Å²) >= 11 is 0. The van der Waals surface area contributed by atoms with Crippen LogP contribution in [0.1, 0.15) is 79.7 Å². The van der Waals surface area contributed by atoms with Crippen molar-refractivity contribution in [3.63, 3.8) is 0 Å². The summed E-state index contributed by atoms with van der Waals surface area (Å²) in [4.78, 5) is 16.4. The molecule has 4 nitrogen and oxygen atoms in total. The van der Waals surface area contributed by atoms with E-state index in [1.54, 1.807) is 0 Å². The molecule has 3 aromatic carbocycles. The molecule has 5 rings (SSSR count). The first kappa shape index (κ1) is 40.1. The van der Waals surface area contributed by atoms with Crippen molar-refractivity contribution in [3.8, 4) is 22.6 Å². The van der Waals surface area contributed by atoms with Gasteiger partial charge in [-0.25, -0.2) is 0 Å². The van der Waals surface area contributed by atoms with Gasteiger partial charge in [0.05, 0.1) is 13.8 Å². The number of hydrogen-bond donors (Lipinski definition) is 1. The van der Waals surface area contributed by atoms with Crippen molar-refractivity contribution in [2.45, 2.75) is 99.2 Å². The molecule has 1 radical (unpaired) electrons. The number of allylic oxidation sites excluding steroid dienone is 2. The number of carbonyl (C=O) groups is 1. The third-order valence-corrected chi connectivity index (χ3v) is 11.4. The second-order valence-electron chi connectivity index (χ2n) is 14.9. The topological polar surface area (TPSA) is 63.3 Å². The zero-order valence-corrected chi connectivity index (χ0v) is 34.4. The number of aliphatic hydroxyl groups excluding tert-OH is 1. The summed E-state index contributed by atoms with van der Waals surface area (Å²) < 4.78 is 6.24. The molecule has 2 heterocycles. The molecule has 0 saturated heterocycles. The van der Waals surface area contributed by atoms with Gasteiger partial charge in [-0.05, 0) is 49.3 Å². The average molecular weight is 853 g/mol. The van der Waals surface area contributed by atoms with E-state index in [1.165, 1.54) is 22.2 Å². The number of rotatable bonds is 10. The van der Waals surface area contributed by atoms with E-state index in [1.807, 2.05) is 40.0 Å². The Morgan fingerprint density at radius 1 is 0.898 bits per heavy atom. The summed E-state index contributed by atoms with van der Waals surface area (Å²) in [6.45, 7) is 22.0. The van der Waals surface area contributed by atoms with Gasteiger partial charge >= 0.3 is 0 Å². The van der Waals surface area contributed by atoms with E-state index >= 15 is 0 Å². The van der Waals surface area contributed by atoms with Crippen LogP contribution >= 0.6 is 0 Å². The molecule has 0 saturated carbocycles. The Hall–Kier alpha value is -3.31. The molecular formula is C43H54IrNO3Si-. The van der Waals surface area contributed by atoms with Crippen molar-refractivity contribution in [3.05, 3.63) is 96.4 Å². The number of carbonyl (C=O) groups excluding carboxylic acids is 1. The second-order valence-corrected chi connectivity index (χ2v) is 20.0. The Balaban J connectivity index is 0.000000347. The van der Waals surface area contributed by atoms with E-state index in [4.69, 9.17) is 9.40 Å². The fraction of sp³-hybridized carbons (Fsp3) is 0.395. The van der Waals surface area contributed by atoms with Crippen LogP contribution in [0.3, 0.4) is 0 Å². The molecule has 6 heteroatoms. The third kappa shape index (κ3) is 9.90. The number of hydrogen-bond acceptors (Lipinski definition) is 4. The van der Waals surface area contributed by atoms with Gasteiger partial charge in [-0.3, -0.25) is 9.78 Å². The maximum Gasteiger partial charge on any atom is 0.162 e. The standard InChI is InChI=1S/C30H30NOSi.C13H24O2.Ir/c1-30(2,3)26-17-22(15-20-9-7-8-10-25(20)26)27-18-21(13-14-31-27)29-19-23-16-24(33(4,5)6)11-12-28(23)32-29;1-5-10(6-2)12(14)9-13(15)11(7-3)8-4;/h7-14,16-19H,1-6H3;9-11,14H,5-8H2,1-4H3;/q-1;;/b;12-9-;. The second kappa shape index (κ2) is 17.1. The van der Waals surface area contributed by atoms with Crippen LogP contribution in [0.4, 0.5) is 0 Å². The molecular weight excluding hydrogens is 799 g/mol. The number of benzene rings is 3. The van der Waals surface area contributed by atoms with Crippen molar-refractivity contribution in [1.82, 2.24) is 4.98 Å². The molecule has 0 amide bonds. The molecule has 5 aromatic rings. The number of pyridine rings is 1. The summed E-state index contributed by atoms with van der Waals surface area (Å²) in [6.07, 6.45) is 6.77. The summed E-state index contributed by atoms with van der Waals surface area (Å²) in [5, 5.41) is 14.7. The number of fused-ring (bicyclic) bond motifs is 2.